The molecule has 58 valence electrons. The van der Waals surface area contributed by atoms with E-state index in [2.05, 4.69) is 20.8 Å². The Bertz CT molecular complexity index is 156. The van der Waals surface area contributed by atoms with Crippen molar-refractivity contribution in [3.8, 4) is 0 Å². The second-order valence-electron chi connectivity index (χ2n) is 3.30. The summed E-state index contributed by atoms with van der Waals surface area (Å²) >= 11 is 0. The molecule has 1 rings (SSSR count). The van der Waals surface area contributed by atoms with Gasteiger partial charge in [0.25, 0.3) is 0 Å². The molecule has 2 atom stereocenters. The molecule has 2 unspecified atom stereocenters. The third-order valence-electron chi connectivity index (χ3n) is 2.31. The fourth-order valence-corrected chi connectivity index (χ4v) is 1.75. The molecule has 0 spiro atoms. The van der Waals surface area contributed by atoms with Gasteiger partial charge in [-0.1, -0.05) is 24.5 Å². The van der Waals surface area contributed by atoms with Crippen LogP contribution in [0.15, 0.2) is 11.1 Å². The first kappa shape index (κ1) is 7.80. The summed E-state index contributed by atoms with van der Waals surface area (Å²) in [4.78, 5) is 0. The van der Waals surface area contributed by atoms with Crippen molar-refractivity contribution in [1.82, 2.24) is 0 Å². The van der Waals surface area contributed by atoms with Gasteiger partial charge in [0.15, 0.2) is 0 Å². The zero-order valence-electron chi connectivity index (χ0n) is 7.15. The van der Waals surface area contributed by atoms with Gasteiger partial charge in [0.05, 0.1) is 0 Å². The first-order valence-corrected chi connectivity index (χ1v) is 4.13. The van der Waals surface area contributed by atoms with Gasteiger partial charge in [-0.2, -0.15) is 0 Å². The Hall–Kier alpha value is -0.300. The molecule has 0 aliphatic heterocycles. The van der Waals surface area contributed by atoms with Crippen LogP contribution in [0.25, 0.3) is 0 Å². The van der Waals surface area contributed by atoms with E-state index >= 15 is 0 Å². The quantitative estimate of drug-likeness (QED) is 0.595. The molecule has 0 amide bonds. The summed E-state index contributed by atoms with van der Waals surface area (Å²) in [6.07, 6.45) is 2.52. The molecule has 0 saturated heterocycles. The zero-order chi connectivity index (χ0) is 7.72. The van der Waals surface area contributed by atoms with Crippen LogP contribution >= 0.6 is 0 Å². The SMILES string of the molecule is CCCC1=C(C)C1C(C)N. The molecule has 0 fully saturated rings. The first-order chi connectivity index (χ1) is 4.68. The van der Waals surface area contributed by atoms with E-state index in [4.69, 9.17) is 5.73 Å². The summed E-state index contributed by atoms with van der Waals surface area (Å²) in [6, 6.07) is 0.349. The maximum Gasteiger partial charge on any atom is 0.0159 e. The number of hydrogen-bond acceptors (Lipinski definition) is 1. The van der Waals surface area contributed by atoms with Crippen molar-refractivity contribution >= 4 is 0 Å². The molecule has 1 aliphatic carbocycles. The third-order valence-corrected chi connectivity index (χ3v) is 2.31. The van der Waals surface area contributed by atoms with E-state index in [0.29, 0.717) is 12.0 Å². The standard InChI is InChI=1S/C9H17N/c1-4-5-8-6(2)9(8)7(3)10/h7,9H,4-5,10H2,1-3H3. The van der Waals surface area contributed by atoms with Crippen molar-refractivity contribution in [3.05, 3.63) is 11.1 Å². The van der Waals surface area contributed by atoms with Crippen LogP contribution in [0.3, 0.4) is 0 Å². The van der Waals surface area contributed by atoms with Crippen LogP contribution < -0.4 is 5.73 Å². The Morgan fingerprint density at radius 2 is 2.20 bits per heavy atom. The Kier molecular flexibility index (Phi) is 2.14. The molecule has 1 aliphatic rings. The van der Waals surface area contributed by atoms with Crippen molar-refractivity contribution in [2.45, 2.75) is 39.7 Å². The zero-order valence-corrected chi connectivity index (χ0v) is 7.15. The lowest BCUT2D eigenvalue weighted by molar-refractivity contribution is 0.648. The van der Waals surface area contributed by atoms with Gasteiger partial charge in [-0.25, -0.2) is 0 Å². The van der Waals surface area contributed by atoms with Crippen LogP contribution in [0.2, 0.25) is 0 Å². The molecular formula is C9H17N. The lowest BCUT2D eigenvalue weighted by Crippen LogP contribution is -2.19. The minimum Gasteiger partial charge on any atom is -0.327 e. The second-order valence-corrected chi connectivity index (χ2v) is 3.30. The molecular weight excluding hydrogens is 122 g/mol. The highest BCUT2D eigenvalue weighted by molar-refractivity contribution is 5.40. The molecule has 0 radical (unpaired) electrons. The minimum absolute atomic E-state index is 0.349. The summed E-state index contributed by atoms with van der Waals surface area (Å²) in [5.41, 5.74) is 8.94. The molecule has 0 heterocycles. The van der Waals surface area contributed by atoms with Gasteiger partial charge in [0.2, 0.25) is 0 Å². The first-order valence-electron chi connectivity index (χ1n) is 4.13. The number of hydrogen-bond donors (Lipinski definition) is 1. The maximum absolute atomic E-state index is 5.77. The summed E-state index contributed by atoms with van der Waals surface area (Å²) < 4.78 is 0. The van der Waals surface area contributed by atoms with Gasteiger partial charge in [-0.05, 0) is 20.3 Å². The molecule has 0 aromatic heterocycles. The van der Waals surface area contributed by atoms with Crippen molar-refractivity contribution in [3.63, 3.8) is 0 Å². The van der Waals surface area contributed by atoms with Crippen molar-refractivity contribution in [2.75, 3.05) is 0 Å². The maximum atomic E-state index is 5.77. The summed E-state index contributed by atoms with van der Waals surface area (Å²) in [7, 11) is 0. The van der Waals surface area contributed by atoms with Crippen LogP contribution in [0.5, 0.6) is 0 Å². The molecule has 0 saturated carbocycles. The van der Waals surface area contributed by atoms with Crippen molar-refractivity contribution in [2.24, 2.45) is 11.7 Å². The number of nitrogens with two attached hydrogens (primary N) is 1. The monoisotopic (exact) mass is 139 g/mol. The minimum atomic E-state index is 0.349. The highest BCUT2D eigenvalue weighted by Gasteiger charge is 2.34. The average molecular weight is 139 g/mol. The van der Waals surface area contributed by atoms with Crippen LogP contribution in [0.1, 0.15) is 33.6 Å². The van der Waals surface area contributed by atoms with Crippen molar-refractivity contribution in [1.29, 1.82) is 0 Å². The molecule has 0 aromatic carbocycles. The lowest BCUT2D eigenvalue weighted by atomic mass is 10.1. The molecule has 10 heavy (non-hydrogen) atoms. The van der Waals surface area contributed by atoms with Gasteiger partial charge in [0.1, 0.15) is 0 Å². The van der Waals surface area contributed by atoms with Crippen LogP contribution in [-0.2, 0) is 0 Å². The van der Waals surface area contributed by atoms with Crippen LogP contribution in [0.4, 0.5) is 0 Å². The van der Waals surface area contributed by atoms with E-state index < -0.39 is 0 Å². The highest BCUT2D eigenvalue weighted by Crippen LogP contribution is 2.43. The second kappa shape index (κ2) is 2.75. The Morgan fingerprint density at radius 1 is 1.60 bits per heavy atom. The van der Waals surface area contributed by atoms with Gasteiger partial charge in [-0.3, -0.25) is 0 Å². The molecule has 1 nitrogen and oxygen atoms in total. The van der Waals surface area contributed by atoms with Gasteiger partial charge < -0.3 is 5.73 Å². The van der Waals surface area contributed by atoms with E-state index in [1.165, 1.54) is 12.8 Å². The fraction of sp³-hybridized carbons (Fsp3) is 0.778. The molecule has 0 aromatic rings. The number of rotatable bonds is 3. The molecule has 1 heteroatoms. The normalized spacial score (nSPS) is 27.0. The van der Waals surface area contributed by atoms with Gasteiger partial charge >= 0.3 is 0 Å². The summed E-state index contributed by atoms with van der Waals surface area (Å²) in [6.45, 7) is 6.52. The third kappa shape index (κ3) is 1.24. The highest BCUT2D eigenvalue weighted by atomic mass is 14.7. The predicted octanol–water partition coefficient (Wildman–Crippen LogP) is 2.08. The van der Waals surface area contributed by atoms with Crippen molar-refractivity contribution < 1.29 is 0 Å². The summed E-state index contributed by atoms with van der Waals surface area (Å²) in [5.74, 6) is 0.667. The molecule has 2 N–H and O–H groups in total. The van der Waals surface area contributed by atoms with E-state index in [9.17, 15) is 0 Å². The van der Waals surface area contributed by atoms with Crippen LogP contribution in [0, 0.1) is 5.92 Å². The Balaban J connectivity index is 2.36. The topological polar surface area (TPSA) is 26.0 Å². The Morgan fingerprint density at radius 3 is 2.50 bits per heavy atom. The van der Waals surface area contributed by atoms with Gasteiger partial charge in [0, 0.05) is 12.0 Å². The van der Waals surface area contributed by atoms with E-state index in [1.54, 1.807) is 11.1 Å². The van der Waals surface area contributed by atoms with Crippen LogP contribution in [-0.4, -0.2) is 6.04 Å². The molecule has 0 bridgehead atoms. The van der Waals surface area contributed by atoms with E-state index in [0.717, 1.165) is 0 Å². The fourth-order valence-electron chi connectivity index (χ4n) is 1.75. The smallest absolute Gasteiger partial charge is 0.0159 e. The largest absolute Gasteiger partial charge is 0.327 e. The Labute approximate surface area is 63.3 Å². The van der Waals surface area contributed by atoms with Gasteiger partial charge in [-0.15, -0.1) is 0 Å². The van der Waals surface area contributed by atoms with E-state index in [-0.39, 0.29) is 0 Å². The lowest BCUT2D eigenvalue weighted by Gasteiger charge is -2.03. The summed E-state index contributed by atoms with van der Waals surface area (Å²) in [5, 5.41) is 0. The average Bonchev–Trinajstić information content (AvgIpc) is 2.43. The predicted molar refractivity (Wildman–Crippen MR) is 44.7 cm³/mol. The van der Waals surface area contributed by atoms with E-state index in [1.807, 2.05) is 0 Å².